The minimum absolute atomic E-state index is 0.0674. The van der Waals surface area contributed by atoms with Crippen molar-refractivity contribution in [3.8, 4) is 5.69 Å². The Hall–Kier alpha value is -2.44. The lowest BCUT2D eigenvalue weighted by Gasteiger charge is -2.21. The summed E-state index contributed by atoms with van der Waals surface area (Å²) in [4.78, 5) is 19.1. The molecular weight excluding hydrogens is 323 g/mol. The topological polar surface area (TPSA) is 75.6 Å². The maximum Gasteiger partial charge on any atom is 0.263 e. The van der Waals surface area contributed by atoms with E-state index in [1.165, 1.54) is 18.4 Å². The molecule has 0 aliphatic heterocycles. The zero-order valence-corrected chi connectivity index (χ0v) is 14.7. The van der Waals surface area contributed by atoms with Crippen LogP contribution in [0.2, 0.25) is 0 Å². The molecule has 0 amide bonds. The van der Waals surface area contributed by atoms with E-state index in [2.05, 4.69) is 46.4 Å². The molecule has 1 saturated carbocycles. The number of rotatable bonds is 4. The average Bonchev–Trinajstić information content (AvgIpc) is 3.26. The lowest BCUT2D eigenvalue weighted by atomic mass is 9.49. The third-order valence-electron chi connectivity index (χ3n) is 4.52. The van der Waals surface area contributed by atoms with Gasteiger partial charge < -0.3 is 5.32 Å². The number of hydrogen-bond acceptors (Lipinski definition) is 4. The van der Waals surface area contributed by atoms with Crippen molar-refractivity contribution in [3.05, 3.63) is 45.4 Å². The number of aryl methyl sites for hydroxylation is 2. The molecule has 0 atom stereocenters. The molecule has 6 nitrogen and oxygen atoms in total. The van der Waals surface area contributed by atoms with Crippen molar-refractivity contribution in [2.24, 2.45) is 0 Å². The third kappa shape index (κ3) is 3.18. The molecule has 124 valence electrons. The molecule has 0 unspecified atom stereocenters. The van der Waals surface area contributed by atoms with Crippen molar-refractivity contribution in [1.82, 2.24) is 19.7 Å². The molecule has 6 radical (unpaired) electrons. The second-order valence-corrected chi connectivity index (χ2v) is 7.06. The Balaban J connectivity index is 1.81. The molecule has 1 fully saturated rings. The van der Waals surface area contributed by atoms with Gasteiger partial charge in [-0.1, -0.05) is 17.4 Å². The minimum atomic E-state index is -1.70. The Morgan fingerprint density at radius 2 is 1.88 bits per heavy atom. The summed E-state index contributed by atoms with van der Waals surface area (Å²) >= 11 is 0. The fraction of sp³-hybridized carbons (Fsp3) is 0.353. The molecule has 26 heavy (non-hydrogen) atoms. The van der Waals surface area contributed by atoms with Gasteiger partial charge in [-0.2, -0.15) is 4.98 Å². The number of hydrogen-bond donors (Lipinski definition) is 2. The van der Waals surface area contributed by atoms with Gasteiger partial charge in [-0.05, 0) is 49.3 Å². The first kappa shape index (κ1) is 17.0. The SMILES string of the molecule is [B]C([B])([B])Nc1nc2nn(-c3c(C)cc(C4CC4)cc3C)cc2c(=O)[nH]1. The fourth-order valence-electron chi connectivity index (χ4n) is 3.30. The molecule has 0 spiro atoms. The first-order valence-corrected chi connectivity index (χ1v) is 8.47. The summed E-state index contributed by atoms with van der Waals surface area (Å²) < 4.78 is 1.69. The zero-order chi connectivity index (χ0) is 18.6. The van der Waals surface area contributed by atoms with Crippen molar-refractivity contribution in [2.75, 3.05) is 5.32 Å². The van der Waals surface area contributed by atoms with Crippen molar-refractivity contribution in [1.29, 1.82) is 0 Å². The van der Waals surface area contributed by atoms with Gasteiger partial charge in [-0.15, -0.1) is 5.10 Å². The molecule has 2 N–H and O–H groups in total. The highest BCUT2D eigenvalue weighted by Gasteiger charge is 2.25. The van der Waals surface area contributed by atoms with Crippen LogP contribution in [0.5, 0.6) is 0 Å². The van der Waals surface area contributed by atoms with Crippen LogP contribution in [0.15, 0.2) is 23.1 Å². The number of nitrogens with zero attached hydrogens (tertiary/aromatic N) is 3. The minimum Gasteiger partial charge on any atom is -0.375 e. The van der Waals surface area contributed by atoms with Crippen molar-refractivity contribution >= 4 is 40.5 Å². The molecule has 9 heteroatoms. The maximum absolute atomic E-state index is 12.3. The lowest BCUT2D eigenvalue weighted by molar-refractivity contribution is 0.870. The van der Waals surface area contributed by atoms with Crippen molar-refractivity contribution in [2.45, 2.75) is 37.8 Å². The number of fused-ring (bicyclic) bond motifs is 1. The summed E-state index contributed by atoms with van der Waals surface area (Å²) in [7, 11) is 16.5. The van der Waals surface area contributed by atoms with Crippen LogP contribution < -0.4 is 10.9 Å². The predicted molar refractivity (Wildman–Crippen MR) is 105 cm³/mol. The number of aromatic amines is 1. The highest BCUT2D eigenvalue weighted by molar-refractivity contribution is 6.60. The van der Waals surface area contributed by atoms with Gasteiger partial charge in [-0.25, -0.2) is 4.68 Å². The summed E-state index contributed by atoms with van der Waals surface area (Å²) in [6, 6.07) is 4.39. The Labute approximate surface area is 155 Å². The van der Waals surface area contributed by atoms with E-state index in [4.69, 9.17) is 23.5 Å². The average molecular weight is 339 g/mol. The van der Waals surface area contributed by atoms with Gasteiger partial charge in [0.05, 0.1) is 29.2 Å². The van der Waals surface area contributed by atoms with Gasteiger partial charge >= 0.3 is 0 Å². The third-order valence-corrected chi connectivity index (χ3v) is 4.52. The molecule has 1 aliphatic carbocycles. The van der Waals surface area contributed by atoms with Crippen LogP contribution in [-0.4, -0.2) is 48.5 Å². The van der Waals surface area contributed by atoms with Gasteiger partial charge in [-0.3, -0.25) is 9.78 Å². The van der Waals surface area contributed by atoms with E-state index in [0.717, 1.165) is 16.8 Å². The summed E-state index contributed by atoms with van der Waals surface area (Å²) in [6.45, 7) is 4.10. The van der Waals surface area contributed by atoms with E-state index >= 15 is 0 Å². The number of H-pyrrole nitrogens is 1. The zero-order valence-electron chi connectivity index (χ0n) is 14.7. The van der Waals surface area contributed by atoms with Crippen LogP contribution >= 0.6 is 0 Å². The van der Waals surface area contributed by atoms with E-state index in [-0.39, 0.29) is 17.2 Å². The van der Waals surface area contributed by atoms with Crippen LogP contribution in [0, 0.1) is 13.8 Å². The Kier molecular flexibility index (Phi) is 3.79. The molecule has 2 aromatic heterocycles. The van der Waals surface area contributed by atoms with E-state index in [0.29, 0.717) is 11.3 Å². The van der Waals surface area contributed by atoms with Crippen LogP contribution in [0.25, 0.3) is 16.7 Å². The molecule has 1 aromatic carbocycles. The first-order valence-electron chi connectivity index (χ1n) is 8.47. The molecule has 3 aromatic rings. The smallest absolute Gasteiger partial charge is 0.263 e. The lowest BCUT2D eigenvalue weighted by Crippen LogP contribution is -2.41. The summed E-state index contributed by atoms with van der Waals surface area (Å²) in [5, 5.41) is 5.68. The summed E-state index contributed by atoms with van der Waals surface area (Å²) in [6.07, 6.45) is 4.19. The number of aromatic nitrogens is 4. The first-order chi connectivity index (χ1) is 12.2. The fourth-order valence-corrected chi connectivity index (χ4v) is 3.30. The normalized spacial score (nSPS) is 14.7. The number of benzene rings is 1. The van der Waals surface area contributed by atoms with Crippen molar-refractivity contribution < 1.29 is 0 Å². The van der Waals surface area contributed by atoms with Gasteiger partial charge in [0.2, 0.25) is 5.95 Å². The second kappa shape index (κ2) is 5.79. The second-order valence-electron chi connectivity index (χ2n) is 7.06. The highest BCUT2D eigenvalue weighted by atomic mass is 16.1. The van der Waals surface area contributed by atoms with Crippen LogP contribution in [0.4, 0.5) is 5.95 Å². The largest absolute Gasteiger partial charge is 0.375 e. The Bertz CT molecular complexity index is 1040. The number of nitrogens with one attached hydrogen (secondary N) is 2. The van der Waals surface area contributed by atoms with Gasteiger partial charge in [0.15, 0.2) is 5.65 Å². The quantitative estimate of drug-likeness (QED) is 0.699. The van der Waals surface area contributed by atoms with Crippen LogP contribution in [0.3, 0.4) is 0 Å². The maximum atomic E-state index is 12.3. The van der Waals surface area contributed by atoms with E-state index in [1.54, 1.807) is 10.9 Å². The van der Waals surface area contributed by atoms with Crippen LogP contribution in [-0.2, 0) is 0 Å². The van der Waals surface area contributed by atoms with Gasteiger partial charge in [0, 0.05) is 6.20 Å². The standard InChI is InChI=1S/C17H16B3N5O/c1-8-5-11(10-3-4-10)6-9(2)13(8)25-7-12-14(24-25)21-16(22-15(12)26)23-17(18,19)20/h5-7,10H,3-4H2,1-2H3,(H2,21,22,23,24,26). The van der Waals surface area contributed by atoms with Gasteiger partial charge in [0.1, 0.15) is 5.39 Å². The Morgan fingerprint density at radius 3 is 2.46 bits per heavy atom. The molecule has 1 aliphatic rings. The summed E-state index contributed by atoms with van der Waals surface area (Å²) in [5.41, 5.74) is 4.47. The predicted octanol–water partition coefficient (Wildman–Crippen LogP) is 1.13. The molecule has 4 rings (SSSR count). The van der Waals surface area contributed by atoms with E-state index in [1.807, 2.05) is 0 Å². The van der Waals surface area contributed by atoms with Gasteiger partial charge in [0.25, 0.3) is 5.56 Å². The van der Waals surface area contributed by atoms with Crippen molar-refractivity contribution in [3.63, 3.8) is 0 Å². The molecule has 2 heterocycles. The number of anilines is 1. The van der Waals surface area contributed by atoms with Crippen LogP contribution in [0.1, 0.15) is 35.4 Å². The molecule has 0 bridgehead atoms. The highest BCUT2D eigenvalue weighted by Crippen LogP contribution is 2.41. The molecular formula is C17H16B3N5O. The van der Waals surface area contributed by atoms with E-state index in [9.17, 15) is 4.79 Å². The Morgan fingerprint density at radius 1 is 1.23 bits per heavy atom. The monoisotopic (exact) mass is 339 g/mol. The van der Waals surface area contributed by atoms with E-state index < -0.39 is 5.24 Å². The summed E-state index contributed by atoms with van der Waals surface area (Å²) in [5.74, 6) is 0.748. The molecule has 0 saturated heterocycles.